The zero-order chi connectivity index (χ0) is 63.5. The maximum atomic E-state index is 12.5. The average molecular weight is 1290 g/mol. The van der Waals surface area contributed by atoms with Crippen LogP contribution in [-0.2, 0) is 18.9 Å². The number of benzene rings is 8. The van der Waals surface area contributed by atoms with Crippen molar-refractivity contribution < 1.29 is 28.4 Å². The standard InChI is InChI=1S/C72H56B2Cl4N8O6/c1-80-68(65-46-82-61-41-57(76)59(78)43-63(61)84-65)72-67-66(69(47-18-16-28-53(38-47)91-36-34-89-32-30-87-2)86(72)74(51-24-12-6-13-25-51)52-26-14-7-15-27-52)71(55(44-79)64-45-81-60-40-56(75)58(77)42-62(60)83-64)85(73(49-20-8-4-9-21-49)50-22-10-5-11-23-50)70(67)48-19-17-29-54(39-48)92-37-35-90-33-31-88-3/h4-29,38-43,45-46H,30-37H2,2-3H3/b71-55-,72-68+. The van der Waals surface area contributed by atoms with Gasteiger partial charge in [0, 0.05) is 59.1 Å². The normalized spacial score (nSPS) is 12.0. The second-order valence-corrected chi connectivity index (χ2v) is 22.9. The van der Waals surface area contributed by atoms with Crippen molar-refractivity contribution in [1.29, 1.82) is 5.26 Å². The minimum atomic E-state index is -0.705. The van der Waals surface area contributed by atoms with E-state index in [2.05, 4.69) is 68.4 Å². The van der Waals surface area contributed by atoms with Crippen molar-refractivity contribution >= 4 is 126 Å². The third-order valence-corrected chi connectivity index (χ3v) is 17.0. The molecule has 0 aliphatic heterocycles. The Morgan fingerprint density at radius 3 is 1.26 bits per heavy atom. The number of methoxy groups -OCH3 is 2. The van der Waals surface area contributed by atoms with Crippen LogP contribution in [0.1, 0.15) is 11.4 Å². The van der Waals surface area contributed by atoms with Crippen LogP contribution in [0, 0.1) is 17.9 Å². The van der Waals surface area contributed by atoms with E-state index in [9.17, 15) is 11.8 Å². The van der Waals surface area contributed by atoms with Crippen LogP contribution < -0.4 is 42.0 Å². The van der Waals surface area contributed by atoms with Crippen molar-refractivity contribution in [1.82, 2.24) is 28.9 Å². The maximum absolute atomic E-state index is 12.5. The summed E-state index contributed by atoms with van der Waals surface area (Å²) in [5.74, 6) is 1.07. The SMILES string of the molecule is [C-]#[N+]/C(c1cnc2cc(Cl)c(Cl)cc2n1)=c1\c2c(-c3cccc(OCCOCCOC)c3)n(B(c3ccccc3)c3ccccc3)/c(=C(/C#N)c3cnc4cc(Cl)c(Cl)cc4n3)c2c(-c2cccc(OCCOCCOC)c2)n1B(c1ccccc1)c1ccccc1. The first kappa shape index (κ1) is 62.9. The highest BCUT2D eigenvalue weighted by molar-refractivity contribution is 6.85. The van der Waals surface area contributed by atoms with Crippen molar-refractivity contribution in [3.63, 3.8) is 0 Å². The number of halogens is 4. The average Bonchev–Trinajstić information content (AvgIpc) is 1.52. The van der Waals surface area contributed by atoms with Gasteiger partial charge in [-0.15, -0.1) is 0 Å². The molecule has 4 aromatic heterocycles. The summed E-state index contributed by atoms with van der Waals surface area (Å²) in [6.45, 7) is 11.0. The Kier molecular flexibility index (Phi) is 20.0. The van der Waals surface area contributed by atoms with Crippen LogP contribution in [0.4, 0.5) is 0 Å². The molecule has 4 heterocycles. The molecule has 0 saturated heterocycles. The second kappa shape index (κ2) is 29.3. The Balaban J connectivity index is 1.37. The molecule has 20 heteroatoms. The monoisotopic (exact) mass is 1290 g/mol. The smallest absolute Gasteiger partial charge is 0.328 e. The molecule has 0 radical (unpaired) electrons. The fourth-order valence-corrected chi connectivity index (χ4v) is 12.2. The zero-order valence-electron chi connectivity index (χ0n) is 50.0. The van der Waals surface area contributed by atoms with Crippen LogP contribution in [0.25, 0.3) is 71.5 Å². The van der Waals surface area contributed by atoms with E-state index in [0.717, 1.165) is 21.9 Å². The zero-order valence-corrected chi connectivity index (χ0v) is 53.0. The molecule has 92 heavy (non-hydrogen) atoms. The molecule has 0 unspecified atom stereocenters. The third kappa shape index (κ3) is 13.3. The molecule has 0 aliphatic rings. The predicted octanol–water partition coefficient (Wildman–Crippen LogP) is 11.5. The van der Waals surface area contributed by atoms with Crippen molar-refractivity contribution in [3.8, 4) is 40.1 Å². The minimum absolute atomic E-state index is 0.122. The summed E-state index contributed by atoms with van der Waals surface area (Å²) in [4.78, 5) is 25.0. The van der Waals surface area contributed by atoms with E-state index in [4.69, 9.17) is 94.8 Å². The topological polar surface area (TPSA) is 145 Å². The van der Waals surface area contributed by atoms with E-state index in [1.165, 1.54) is 0 Å². The number of nitriles is 1. The lowest BCUT2D eigenvalue weighted by molar-refractivity contribution is 0.0544. The first-order valence-electron chi connectivity index (χ1n) is 29.6. The molecular formula is C72H56B2Cl4N8O6. The Morgan fingerprint density at radius 1 is 0.467 bits per heavy atom. The fraction of sp³-hybridized carbons (Fsp3) is 0.139. The van der Waals surface area contributed by atoms with Gasteiger partial charge in [-0.05, 0) is 48.5 Å². The third-order valence-electron chi connectivity index (χ3n) is 15.6. The van der Waals surface area contributed by atoms with E-state index in [1.807, 2.05) is 121 Å². The minimum Gasteiger partial charge on any atom is -0.491 e. The van der Waals surface area contributed by atoms with Gasteiger partial charge in [0.05, 0.1) is 106 Å². The van der Waals surface area contributed by atoms with Crippen LogP contribution in [0.3, 0.4) is 0 Å². The Hall–Kier alpha value is -9.29. The van der Waals surface area contributed by atoms with Gasteiger partial charge in [-0.3, -0.25) is 15.0 Å². The first-order chi connectivity index (χ1) is 45.2. The molecule has 14 nitrogen and oxygen atoms in total. The fourth-order valence-electron chi connectivity index (χ4n) is 11.6. The van der Waals surface area contributed by atoms with Crippen molar-refractivity contribution in [2.75, 3.05) is 67.1 Å². The van der Waals surface area contributed by atoms with E-state index < -0.39 is 13.7 Å². The number of hydrogen-bond acceptors (Lipinski definition) is 11. The van der Waals surface area contributed by atoms with Gasteiger partial charge < -0.3 is 37.4 Å². The number of rotatable bonds is 24. The number of nitrogens with zero attached hydrogens (tertiary/aromatic N) is 8. The molecular weight excluding hydrogens is 1240 g/mol. The predicted molar refractivity (Wildman–Crippen MR) is 369 cm³/mol. The van der Waals surface area contributed by atoms with E-state index >= 15 is 0 Å². The van der Waals surface area contributed by atoms with Crippen LogP contribution >= 0.6 is 46.4 Å². The summed E-state index contributed by atoms with van der Waals surface area (Å²) < 4.78 is 39.9. The van der Waals surface area contributed by atoms with Gasteiger partial charge in [0.25, 0.3) is 0 Å². The lowest BCUT2D eigenvalue weighted by Crippen LogP contribution is -2.54. The van der Waals surface area contributed by atoms with Crippen molar-refractivity contribution in [3.05, 3.63) is 260 Å². The molecule has 0 spiro atoms. The Labute approximate surface area is 552 Å². The molecule has 0 N–H and O–H groups in total. The highest BCUT2D eigenvalue weighted by atomic mass is 35.5. The lowest BCUT2D eigenvalue weighted by atomic mass is 9.50. The molecule has 0 atom stereocenters. The van der Waals surface area contributed by atoms with Gasteiger partial charge >= 0.3 is 13.7 Å². The second-order valence-electron chi connectivity index (χ2n) is 21.3. The van der Waals surface area contributed by atoms with Gasteiger partial charge in [-0.2, -0.15) is 5.26 Å². The summed E-state index contributed by atoms with van der Waals surface area (Å²) in [5.41, 5.74) is 8.52. The van der Waals surface area contributed by atoms with Crippen molar-refractivity contribution in [2.45, 2.75) is 0 Å². The largest absolute Gasteiger partial charge is 0.491 e. The summed E-state index contributed by atoms with van der Waals surface area (Å²) >= 11 is 26.8. The summed E-state index contributed by atoms with van der Waals surface area (Å²) in [7, 11) is 3.26. The molecule has 12 aromatic rings. The molecule has 0 amide bonds. The van der Waals surface area contributed by atoms with E-state index in [-0.39, 0.29) is 45.9 Å². The van der Waals surface area contributed by atoms with Gasteiger partial charge in [0.1, 0.15) is 42.0 Å². The Bertz CT molecular complexity index is 4480. The van der Waals surface area contributed by atoms with Crippen molar-refractivity contribution in [2.24, 2.45) is 0 Å². The van der Waals surface area contributed by atoms with Gasteiger partial charge in [-0.1, -0.05) is 214 Å². The molecule has 0 bridgehead atoms. The molecule has 0 saturated carbocycles. The highest BCUT2D eigenvalue weighted by Crippen LogP contribution is 2.39. The number of hydrogen-bond donors (Lipinski definition) is 0. The molecule has 0 fully saturated rings. The van der Waals surface area contributed by atoms with E-state index in [0.29, 0.717) is 127 Å². The van der Waals surface area contributed by atoms with Gasteiger partial charge in [0.2, 0.25) is 5.70 Å². The number of fused-ring (bicyclic) bond motifs is 3. The molecule has 0 aliphatic carbocycles. The Morgan fingerprint density at radius 2 is 0.848 bits per heavy atom. The van der Waals surface area contributed by atoms with Gasteiger partial charge in [0.15, 0.2) is 0 Å². The molecule has 8 aromatic carbocycles. The van der Waals surface area contributed by atoms with Crippen LogP contribution in [0.5, 0.6) is 11.5 Å². The van der Waals surface area contributed by atoms with Crippen LogP contribution in [-0.4, -0.2) is 110 Å². The molecule has 454 valence electrons. The van der Waals surface area contributed by atoms with Crippen LogP contribution in [0.15, 0.2) is 207 Å². The maximum Gasteiger partial charge on any atom is 0.328 e. The summed E-state index contributed by atoms with van der Waals surface area (Å²) in [5, 5.41) is 15.7. The lowest BCUT2D eigenvalue weighted by Gasteiger charge is -2.25. The number of aromatic nitrogens is 6. The van der Waals surface area contributed by atoms with E-state index in [1.54, 1.807) is 50.9 Å². The first-order valence-corrected chi connectivity index (χ1v) is 31.1. The van der Waals surface area contributed by atoms with Crippen LogP contribution in [0.2, 0.25) is 20.1 Å². The molecule has 12 rings (SSSR count). The quantitative estimate of drug-likeness (QED) is 0.0324. The summed E-state index contributed by atoms with van der Waals surface area (Å²) in [6.07, 6.45) is 3.19. The highest BCUT2D eigenvalue weighted by Gasteiger charge is 2.38. The summed E-state index contributed by atoms with van der Waals surface area (Å²) in [6, 6.07) is 65.6. The number of ether oxygens (including phenoxy) is 6. The van der Waals surface area contributed by atoms with Gasteiger partial charge in [-0.25, -0.2) is 9.83 Å².